The monoisotopic (exact) mass is 179 g/mol. The third-order valence-corrected chi connectivity index (χ3v) is 2.14. The van der Waals surface area contributed by atoms with Crippen LogP contribution in [0.4, 0.5) is 11.4 Å². The van der Waals surface area contributed by atoms with Gasteiger partial charge in [0.05, 0.1) is 0 Å². The zero-order valence-corrected chi connectivity index (χ0v) is 7.31. The van der Waals surface area contributed by atoms with Gasteiger partial charge in [0.2, 0.25) is 5.69 Å². The second-order valence-corrected chi connectivity index (χ2v) is 2.97. The fourth-order valence-corrected chi connectivity index (χ4v) is 1.47. The second-order valence-electron chi connectivity index (χ2n) is 2.97. The molecule has 1 heterocycles. The van der Waals surface area contributed by atoms with Gasteiger partial charge < -0.3 is 0 Å². The van der Waals surface area contributed by atoms with Gasteiger partial charge in [-0.1, -0.05) is 19.1 Å². The van der Waals surface area contributed by atoms with Crippen LogP contribution in [0.25, 0.3) is 0 Å². The molecule has 13 heavy (non-hydrogen) atoms. The minimum Gasteiger partial charge on any atom is -0.189 e. The van der Waals surface area contributed by atoms with Crippen molar-refractivity contribution in [3.63, 3.8) is 0 Å². The van der Waals surface area contributed by atoms with E-state index in [1.165, 1.54) is 0 Å². The van der Waals surface area contributed by atoms with E-state index < -0.39 is 4.81 Å². The van der Waals surface area contributed by atoms with Crippen LogP contribution in [0.2, 0.25) is 0 Å². The van der Waals surface area contributed by atoms with E-state index in [9.17, 15) is 10.4 Å². The maximum Gasteiger partial charge on any atom is 0.275 e. The maximum absolute atomic E-state index is 9.67. The molecule has 0 amide bonds. The second kappa shape index (κ2) is 2.63. The Hall–Kier alpha value is -1.23. The maximum atomic E-state index is 9.67. The first-order valence-electron chi connectivity index (χ1n) is 4.18. The van der Waals surface area contributed by atoms with Crippen LogP contribution in [0.1, 0.15) is 13.3 Å². The number of hydroxylamine groups is 2. The highest BCUT2D eigenvalue weighted by atomic mass is 16.8. The number of para-hydroxylation sites is 2. The van der Waals surface area contributed by atoms with E-state index in [4.69, 9.17) is 0 Å². The van der Waals surface area contributed by atoms with Gasteiger partial charge in [0, 0.05) is 17.3 Å². The zero-order chi connectivity index (χ0) is 9.47. The lowest BCUT2D eigenvalue weighted by Crippen LogP contribution is -2.45. The van der Waals surface area contributed by atoms with Crippen LogP contribution in [-0.4, -0.2) is 16.3 Å². The first kappa shape index (κ1) is 8.37. The number of nitrogens with zero attached hydrogens (tertiary/aromatic N) is 2. The Kier molecular flexibility index (Phi) is 1.69. The molecule has 2 N–H and O–H groups in total. The Balaban J connectivity index is 2.58. The highest BCUT2D eigenvalue weighted by molar-refractivity contribution is 5.99. The molecule has 1 aromatic carbocycles. The largest absolute Gasteiger partial charge is 0.275 e. The summed E-state index contributed by atoms with van der Waals surface area (Å²) in [5.74, 6) is 0.348. The molecule has 0 spiro atoms. The van der Waals surface area contributed by atoms with Gasteiger partial charge in [0.15, 0.2) is 0 Å². The van der Waals surface area contributed by atoms with Crippen molar-refractivity contribution in [3.05, 3.63) is 24.3 Å². The predicted octanol–water partition coefficient (Wildman–Crippen LogP) is 2.23. The van der Waals surface area contributed by atoms with Crippen molar-refractivity contribution in [1.29, 1.82) is 0 Å². The quantitative estimate of drug-likeness (QED) is 0.649. The van der Waals surface area contributed by atoms with Crippen LogP contribution < -0.4 is 4.81 Å². The van der Waals surface area contributed by atoms with Gasteiger partial charge in [-0.05, 0) is 6.07 Å². The molecule has 0 unspecified atom stereocenters. The first-order chi connectivity index (χ1) is 6.16. The Morgan fingerprint density at radius 2 is 2.00 bits per heavy atom. The molecule has 0 bridgehead atoms. The summed E-state index contributed by atoms with van der Waals surface area (Å²) in [6, 6.07) is 6.99. The van der Waals surface area contributed by atoms with Crippen molar-refractivity contribution in [2.24, 2.45) is 4.99 Å². The fraction of sp³-hybridized carbons (Fsp3) is 0.222. The molecule has 0 saturated heterocycles. The highest BCUT2D eigenvalue weighted by Gasteiger charge is 2.41. The Morgan fingerprint density at radius 3 is 2.62 bits per heavy atom. The molecule has 68 valence electrons. The first-order valence-corrected chi connectivity index (χ1v) is 4.18. The number of hydrogen-bond donors (Lipinski definition) is 2. The Labute approximate surface area is 75.9 Å². The zero-order valence-electron chi connectivity index (χ0n) is 7.31. The molecule has 1 aliphatic heterocycles. The SMILES string of the molecule is CCC1=Nc2ccccc2[N+]1(O)O. The van der Waals surface area contributed by atoms with Gasteiger partial charge in [-0.15, -0.1) is 0 Å². The van der Waals surface area contributed by atoms with E-state index in [-0.39, 0.29) is 0 Å². The summed E-state index contributed by atoms with van der Waals surface area (Å²) in [7, 11) is 0. The summed E-state index contributed by atoms with van der Waals surface area (Å²) in [6.07, 6.45) is 0.516. The summed E-state index contributed by atoms with van der Waals surface area (Å²) in [5, 5.41) is 19.3. The van der Waals surface area contributed by atoms with E-state index in [1.54, 1.807) is 18.2 Å². The molecule has 0 aliphatic carbocycles. The third kappa shape index (κ3) is 1.07. The molecule has 1 aromatic rings. The topological polar surface area (TPSA) is 52.8 Å². The standard InChI is InChI=1S/C9H11N2O2/c1-2-9-10-7-5-3-4-6-8(7)11(9,12)13/h3-6,12-13H,2H2,1H3/q+1. The number of aliphatic imine (C=N–C) groups is 1. The molecule has 0 radical (unpaired) electrons. The average Bonchev–Trinajstić information content (AvgIpc) is 2.39. The van der Waals surface area contributed by atoms with Gasteiger partial charge in [-0.3, -0.25) is 0 Å². The smallest absolute Gasteiger partial charge is 0.189 e. The van der Waals surface area contributed by atoms with Crippen molar-refractivity contribution in [2.45, 2.75) is 13.3 Å². The lowest BCUT2D eigenvalue weighted by atomic mass is 10.3. The van der Waals surface area contributed by atoms with E-state index in [0.717, 1.165) is 0 Å². The molecule has 0 saturated carbocycles. The Bertz CT molecular complexity index is 372. The van der Waals surface area contributed by atoms with Crippen molar-refractivity contribution >= 4 is 17.2 Å². The minimum absolute atomic E-state index is 0.348. The molecule has 4 heteroatoms. The lowest BCUT2D eigenvalue weighted by Gasteiger charge is -2.15. The summed E-state index contributed by atoms with van der Waals surface area (Å²) < 4.78 is 0. The fourth-order valence-electron chi connectivity index (χ4n) is 1.47. The molecule has 4 nitrogen and oxygen atoms in total. The van der Waals surface area contributed by atoms with Gasteiger partial charge in [0.1, 0.15) is 5.69 Å². The van der Waals surface area contributed by atoms with Crippen molar-refractivity contribution in [1.82, 2.24) is 4.81 Å². The number of benzene rings is 1. The number of hydrogen-bond acceptors (Lipinski definition) is 3. The molecular formula is C9H11N2O2+. The average molecular weight is 179 g/mol. The molecule has 1 aliphatic rings. The lowest BCUT2D eigenvalue weighted by molar-refractivity contribution is -0.229. The third-order valence-electron chi connectivity index (χ3n) is 2.14. The van der Waals surface area contributed by atoms with Gasteiger partial charge >= 0.3 is 0 Å². The van der Waals surface area contributed by atoms with Gasteiger partial charge in [-0.2, -0.15) is 15.4 Å². The molecular weight excluding hydrogens is 168 g/mol. The number of rotatable bonds is 1. The summed E-state index contributed by atoms with van der Waals surface area (Å²) in [5.41, 5.74) is 1.05. The van der Waals surface area contributed by atoms with E-state index in [1.807, 2.05) is 13.0 Å². The van der Waals surface area contributed by atoms with Gasteiger partial charge in [0.25, 0.3) is 5.84 Å². The molecule has 0 aromatic heterocycles. The Morgan fingerprint density at radius 1 is 1.31 bits per heavy atom. The summed E-state index contributed by atoms with van der Waals surface area (Å²) in [6.45, 7) is 1.84. The molecule has 0 fully saturated rings. The van der Waals surface area contributed by atoms with Crippen LogP contribution in [-0.2, 0) is 0 Å². The normalized spacial score (nSPS) is 18.2. The molecule has 0 atom stereocenters. The van der Waals surface area contributed by atoms with Gasteiger partial charge in [-0.25, -0.2) is 0 Å². The summed E-state index contributed by atoms with van der Waals surface area (Å²) in [4.78, 5) is 2.92. The number of quaternary nitrogens is 1. The van der Waals surface area contributed by atoms with Crippen LogP contribution >= 0.6 is 0 Å². The summed E-state index contributed by atoms with van der Waals surface area (Å²) >= 11 is 0. The molecule has 2 rings (SSSR count). The van der Waals surface area contributed by atoms with E-state index in [2.05, 4.69) is 4.99 Å². The van der Waals surface area contributed by atoms with E-state index in [0.29, 0.717) is 23.6 Å². The van der Waals surface area contributed by atoms with Crippen molar-refractivity contribution in [3.8, 4) is 0 Å². The van der Waals surface area contributed by atoms with Crippen molar-refractivity contribution < 1.29 is 10.4 Å². The minimum atomic E-state index is -1.19. The number of fused-ring (bicyclic) bond motifs is 1. The van der Waals surface area contributed by atoms with Crippen LogP contribution in [0.15, 0.2) is 29.3 Å². The van der Waals surface area contributed by atoms with E-state index >= 15 is 0 Å². The van der Waals surface area contributed by atoms with Crippen molar-refractivity contribution in [2.75, 3.05) is 0 Å². The van der Waals surface area contributed by atoms with Crippen LogP contribution in [0, 0.1) is 0 Å². The van der Waals surface area contributed by atoms with Crippen LogP contribution in [0.5, 0.6) is 0 Å². The predicted molar refractivity (Wildman–Crippen MR) is 49.2 cm³/mol. The highest BCUT2D eigenvalue weighted by Crippen LogP contribution is 2.37. The van der Waals surface area contributed by atoms with Crippen LogP contribution in [0.3, 0.4) is 0 Å². The number of amidine groups is 1.